The van der Waals surface area contributed by atoms with Crippen LogP contribution in [-0.2, 0) is 0 Å². The fourth-order valence-corrected chi connectivity index (χ4v) is 1.09. The number of urea groups is 1. The molecule has 0 heterocycles. The van der Waals surface area contributed by atoms with E-state index in [0.29, 0.717) is 6.54 Å². The minimum atomic E-state index is -4.35. The summed E-state index contributed by atoms with van der Waals surface area (Å²) in [5.41, 5.74) is 0. The largest absolute Gasteiger partial charge is 0.405 e. The minimum Gasteiger partial charge on any atom is -0.338 e. The molecule has 0 unspecified atom stereocenters. The Morgan fingerprint density at radius 1 is 1.36 bits per heavy atom. The fourth-order valence-electron chi connectivity index (χ4n) is 0.661. The maximum atomic E-state index is 11.6. The molecule has 2 N–H and O–H groups in total. The third-order valence-corrected chi connectivity index (χ3v) is 1.96. The summed E-state index contributed by atoms with van der Waals surface area (Å²) < 4.78 is 34.8. The number of hydrogen-bond donors (Lipinski definition) is 2. The number of rotatable bonds is 5. The second-order valence-corrected chi connectivity index (χ2v) is 3.56. The fraction of sp³-hybridized carbons (Fsp3) is 0.857. The van der Waals surface area contributed by atoms with Crippen molar-refractivity contribution in [3.63, 3.8) is 0 Å². The molecule has 0 rings (SSSR count). The number of carbonyl (C=O) groups is 1. The quantitative estimate of drug-likeness (QED) is 0.704. The Morgan fingerprint density at radius 2 is 2.00 bits per heavy atom. The van der Waals surface area contributed by atoms with Crippen LogP contribution in [0.4, 0.5) is 18.0 Å². The Labute approximate surface area is 84.8 Å². The van der Waals surface area contributed by atoms with Crippen molar-refractivity contribution in [1.82, 2.24) is 10.6 Å². The van der Waals surface area contributed by atoms with Gasteiger partial charge in [-0.05, 0) is 18.4 Å². The summed E-state index contributed by atoms with van der Waals surface area (Å²) >= 11 is 1.62. The summed E-state index contributed by atoms with van der Waals surface area (Å²) in [6.45, 7) is -0.897. The molecule has 0 aromatic heterocycles. The van der Waals surface area contributed by atoms with Crippen molar-refractivity contribution in [2.24, 2.45) is 0 Å². The Balaban J connectivity index is 3.38. The van der Waals surface area contributed by atoms with Crippen molar-refractivity contribution in [2.45, 2.75) is 12.6 Å². The first-order chi connectivity index (χ1) is 6.45. The second-order valence-electron chi connectivity index (χ2n) is 2.57. The van der Waals surface area contributed by atoms with Crippen LogP contribution in [-0.4, -0.2) is 37.3 Å². The number of halogens is 3. The van der Waals surface area contributed by atoms with Crippen LogP contribution < -0.4 is 10.6 Å². The highest BCUT2D eigenvalue weighted by molar-refractivity contribution is 7.98. The molecule has 84 valence electrons. The molecule has 2 amide bonds. The SMILES string of the molecule is CSCCCNC(=O)NCC(F)(F)F. The van der Waals surface area contributed by atoms with Gasteiger partial charge in [-0.2, -0.15) is 24.9 Å². The molecule has 0 fully saturated rings. The molecule has 0 aliphatic carbocycles. The van der Waals surface area contributed by atoms with E-state index in [-0.39, 0.29) is 0 Å². The molecule has 0 radical (unpaired) electrons. The Hall–Kier alpha value is -0.590. The summed E-state index contributed by atoms with van der Waals surface area (Å²) in [6.07, 6.45) is -1.68. The number of nitrogens with one attached hydrogen (secondary N) is 2. The van der Waals surface area contributed by atoms with Crippen LogP contribution in [0.25, 0.3) is 0 Å². The summed E-state index contributed by atoms with van der Waals surface area (Å²) in [4.78, 5) is 10.7. The van der Waals surface area contributed by atoms with E-state index in [1.54, 1.807) is 17.1 Å². The number of amides is 2. The standard InChI is InChI=1S/C7H13F3N2OS/c1-14-4-2-3-11-6(13)12-5-7(8,9)10/h2-5H2,1H3,(H2,11,12,13). The van der Waals surface area contributed by atoms with Gasteiger partial charge >= 0.3 is 12.2 Å². The maximum absolute atomic E-state index is 11.6. The van der Waals surface area contributed by atoms with Gasteiger partial charge in [0.1, 0.15) is 6.54 Å². The average Bonchev–Trinajstić information content (AvgIpc) is 2.08. The van der Waals surface area contributed by atoms with Crippen LogP contribution in [0, 0.1) is 0 Å². The first-order valence-corrected chi connectivity index (χ1v) is 5.42. The van der Waals surface area contributed by atoms with Crippen molar-refractivity contribution < 1.29 is 18.0 Å². The number of hydrogen-bond acceptors (Lipinski definition) is 2. The van der Waals surface area contributed by atoms with Crippen LogP contribution in [0.3, 0.4) is 0 Å². The van der Waals surface area contributed by atoms with Crippen LogP contribution in [0.2, 0.25) is 0 Å². The van der Waals surface area contributed by atoms with Gasteiger partial charge in [0.2, 0.25) is 0 Å². The summed E-state index contributed by atoms with van der Waals surface area (Å²) in [7, 11) is 0. The van der Waals surface area contributed by atoms with Gasteiger partial charge in [-0.15, -0.1) is 0 Å². The van der Waals surface area contributed by atoms with Gasteiger partial charge in [0.05, 0.1) is 0 Å². The van der Waals surface area contributed by atoms with Gasteiger partial charge in [-0.1, -0.05) is 0 Å². The highest BCUT2D eigenvalue weighted by Gasteiger charge is 2.27. The first-order valence-electron chi connectivity index (χ1n) is 4.03. The van der Waals surface area contributed by atoms with E-state index >= 15 is 0 Å². The van der Waals surface area contributed by atoms with Crippen molar-refractivity contribution in [3.8, 4) is 0 Å². The average molecular weight is 230 g/mol. The van der Waals surface area contributed by atoms with E-state index in [9.17, 15) is 18.0 Å². The van der Waals surface area contributed by atoms with Crippen LogP contribution in [0.1, 0.15) is 6.42 Å². The third kappa shape index (κ3) is 9.50. The highest BCUT2D eigenvalue weighted by Crippen LogP contribution is 2.11. The maximum Gasteiger partial charge on any atom is 0.405 e. The van der Waals surface area contributed by atoms with E-state index < -0.39 is 18.8 Å². The summed E-state index contributed by atoms with van der Waals surface area (Å²) in [6, 6.07) is -0.775. The zero-order valence-electron chi connectivity index (χ0n) is 7.78. The van der Waals surface area contributed by atoms with Crippen LogP contribution in [0.15, 0.2) is 0 Å². The lowest BCUT2D eigenvalue weighted by molar-refractivity contribution is -0.122. The smallest absolute Gasteiger partial charge is 0.338 e. The van der Waals surface area contributed by atoms with Crippen molar-refractivity contribution >= 4 is 17.8 Å². The zero-order chi connectivity index (χ0) is 11.0. The molecular weight excluding hydrogens is 217 g/mol. The molecule has 0 aliphatic rings. The number of alkyl halides is 3. The monoisotopic (exact) mass is 230 g/mol. The van der Waals surface area contributed by atoms with Gasteiger partial charge in [0, 0.05) is 6.54 Å². The van der Waals surface area contributed by atoms with Crippen molar-refractivity contribution in [1.29, 1.82) is 0 Å². The Morgan fingerprint density at radius 3 is 2.50 bits per heavy atom. The molecular formula is C7H13F3N2OS. The lowest BCUT2D eigenvalue weighted by Crippen LogP contribution is -2.41. The zero-order valence-corrected chi connectivity index (χ0v) is 8.60. The van der Waals surface area contributed by atoms with Crippen LogP contribution >= 0.6 is 11.8 Å². The van der Waals surface area contributed by atoms with E-state index in [1.165, 1.54) is 0 Å². The Kier molecular flexibility index (Phi) is 6.52. The molecule has 0 aromatic rings. The molecule has 0 atom stereocenters. The number of thioether (sulfide) groups is 1. The topological polar surface area (TPSA) is 41.1 Å². The van der Waals surface area contributed by atoms with E-state index in [4.69, 9.17) is 0 Å². The third-order valence-electron chi connectivity index (χ3n) is 1.26. The first kappa shape index (κ1) is 13.4. The van der Waals surface area contributed by atoms with E-state index in [2.05, 4.69) is 5.32 Å². The molecule has 0 spiro atoms. The molecule has 0 bridgehead atoms. The molecule has 0 saturated heterocycles. The molecule has 7 heteroatoms. The predicted octanol–water partition coefficient (Wildman–Crippen LogP) is 1.60. The van der Waals surface area contributed by atoms with E-state index in [1.807, 2.05) is 6.26 Å². The molecule has 14 heavy (non-hydrogen) atoms. The van der Waals surface area contributed by atoms with Gasteiger partial charge in [-0.25, -0.2) is 4.79 Å². The summed E-state index contributed by atoms with van der Waals surface area (Å²) in [5.74, 6) is 0.875. The molecule has 0 aliphatic heterocycles. The molecule has 0 aromatic carbocycles. The lowest BCUT2D eigenvalue weighted by Gasteiger charge is -2.09. The second kappa shape index (κ2) is 6.80. The van der Waals surface area contributed by atoms with E-state index in [0.717, 1.165) is 12.2 Å². The minimum absolute atomic E-state index is 0.393. The highest BCUT2D eigenvalue weighted by atomic mass is 32.2. The number of carbonyl (C=O) groups excluding carboxylic acids is 1. The molecule has 3 nitrogen and oxygen atoms in total. The molecule has 0 saturated carbocycles. The summed E-state index contributed by atoms with van der Waals surface area (Å²) in [5, 5.41) is 4.04. The normalized spacial score (nSPS) is 11.1. The van der Waals surface area contributed by atoms with Crippen molar-refractivity contribution in [3.05, 3.63) is 0 Å². The lowest BCUT2D eigenvalue weighted by atomic mass is 10.5. The van der Waals surface area contributed by atoms with Crippen molar-refractivity contribution in [2.75, 3.05) is 25.1 Å². The van der Waals surface area contributed by atoms with Crippen LogP contribution in [0.5, 0.6) is 0 Å². The predicted molar refractivity (Wildman–Crippen MR) is 50.5 cm³/mol. The van der Waals surface area contributed by atoms with Gasteiger partial charge < -0.3 is 10.6 Å². The van der Waals surface area contributed by atoms with Gasteiger partial charge in [0.25, 0.3) is 0 Å². The van der Waals surface area contributed by atoms with Gasteiger partial charge in [0.15, 0.2) is 0 Å². The Bertz CT molecular complexity index is 175. The van der Waals surface area contributed by atoms with Gasteiger partial charge in [-0.3, -0.25) is 0 Å².